The summed E-state index contributed by atoms with van der Waals surface area (Å²) in [5.41, 5.74) is 1.04. The molecule has 1 aromatic rings. The van der Waals surface area contributed by atoms with E-state index < -0.39 is 0 Å². The fraction of sp³-hybridized carbons (Fsp3) is 0.364. The molecule has 0 saturated heterocycles. The summed E-state index contributed by atoms with van der Waals surface area (Å²) < 4.78 is 5.22. The summed E-state index contributed by atoms with van der Waals surface area (Å²) in [4.78, 5) is 0. The topological polar surface area (TPSA) is 24.8 Å². The van der Waals surface area contributed by atoms with E-state index in [0.29, 0.717) is 11.4 Å². The quantitative estimate of drug-likeness (QED) is 0.582. The van der Waals surface area contributed by atoms with Gasteiger partial charge in [-0.3, -0.25) is 0 Å². The maximum Gasteiger partial charge on any atom is 0.122 e. The minimum absolute atomic E-state index is 0.710. The van der Waals surface area contributed by atoms with E-state index in [0.717, 1.165) is 11.3 Å². The molecule has 82 valence electrons. The molecule has 0 aliphatic carbocycles. The minimum atomic E-state index is 0.710. The highest BCUT2D eigenvalue weighted by molar-refractivity contribution is 6.30. The Balaban J connectivity index is 2.78. The molecule has 0 bridgehead atoms. The van der Waals surface area contributed by atoms with Gasteiger partial charge in [0.05, 0.1) is 7.11 Å². The minimum Gasteiger partial charge on any atom is -0.496 e. The lowest BCUT2D eigenvalue weighted by molar-refractivity contribution is 0.410. The largest absolute Gasteiger partial charge is 0.496 e. The van der Waals surface area contributed by atoms with Gasteiger partial charge in [0.25, 0.3) is 0 Å². The first kappa shape index (κ1) is 11.9. The van der Waals surface area contributed by atoms with Gasteiger partial charge in [-0.15, -0.1) is 0 Å². The molecule has 0 heterocycles. The third kappa shape index (κ3) is 3.80. The van der Waals surface area contributed by atoms with E-state index >= 15 is 0 Å². The number of benzene rings is 1. The van der Waals surface area contributed by atoms with Crippen molar-refractivity contribution in [2.45, 2.75) is 6.42 Å². The second-order valence-electron chi connectivity index (χ2n) is 3.31. The number of nitrogens with zero attached hydrogens (tertiary/aromatic N) is 2. The van der Waals surface area contributed by atoms with Crippen molar-refractivity contribution in [2.75, 3.05) is 21.2 Å². The maximum atomic E-state index is 5.90. The van der Waals surface area contributed by atoms with Crippen LogP contribution in [0.3, 0.4) is 0 Å². The maximum absolute atomic E-state index is 5.90. The Bertz CT molecular complexity index is 350. The van der Waals surface area contributed by atoms with Gasteiger partial charge < -0.3 is 9.75 Å². The lowest BCUT2D eigenvalue weighted by atomic mass is 10.1. The van der Waals surface area contributed by atoms with Crippen molar-refractivity contribution in [3.05, 3.63) is 28.8 Å². The van der Waals surface area contributed by atoms with E-state index in [2.05, 4.69) is 5.10 Å². The molecule has 15 heavy (non-hydrogen) atoms. The monoisotopic (exact) mass is 226 g/mol. The molecule has 3 nitrogen and oxygen atoms in total. The first-order chi connectivity index (χ1) is 7.13. The van der Waals surface area contributed by atoms with Gasteiger partial charge in [-0.1, -0.05) is 11.6 Å². The van der Waals surface area contributed by atoms with Crippen LogP contribution in [0.2, 0.25) is 5.02 Å². The van der Waals surface area contributed by atoms with Crippen molar-refractivity contribution in [3.8, 4) is 5.75 Å². The van der Waals surface area contributed by atoms with Gasteiger partial charge in [0.1, 0.15) is 5.75 Å². The Morgan fingerprint density at radius 3 is 2.80 bits per heavy atom. The summed E-state index contributed by atoms with van der Waals surface area (Å²) in [6.45, 7) is 0. The summed E-state index contributed by atoms with van der Waals surface area (Å²) in [7, 11) is 5.41. The highest BCUT2D eigenvalue weighted by Gasteiger charge is 2.01. The molecule has 0 fully saturated rings. The van der Waals surface area contributed by atoms with Crippen LogP contribution >= 0.6 is 11.6 Å². The van der Waals surface area contributed by atoms with Gasteiger partial charge in [0.2, 0.25) is 0 Å². The van der Waals surface area contributed by atoms with Crippen LogP contribution in [0, 0.1) is 0 Å². The second-order valence-corrected chi connectivity index (χ2v) is 3.74. The molecule has 0 aromatic heterocycles. The van der Waals surface area contributed by atoms with Crippen molar-refractivity contribution < 1.29 is 4.74 Å². The van der Waals surface area contributed by atoms with Gasteiger partial charge in [-0.05, 0) is 18.2 Å². The Morgan fingerprint density at radius 1 is 1.47 bits per heavy atom. The van der Waals surface area contributed by atoms with Crippen LogP contribution in [0.15, 0.2) is 23.3 Å². The van der Waals surface area contributed by atoms with E-state index in [1.807, 2.05) is 38.5 Å². The van der Waals surface area contributed by atoms with Gasteiger partial charge in [-0.2, -0.15) is 5.10 Å². The molecule has 1 aromatic carbocycles. The first-order valence-electron chi connectivity index (χ1n) is 4.65. The molecule has 0 aliphatic heterocycles. The van der Waals surface area contributed by atoms with Crippen LogP contribution in [0.25, 0.3) is 0 Å². The summed E-state index contributed by atoms with van der Waals surface area (Å²) in [5, 5.41) is 6.59. The zero-order valence-electron chi connectivity index (χ0n) is 9.20. The molecule has 0 saturated carbocycles. The molecule has 0 amide bonds. The number of rotatable bonds is 4. The first-order valence-corrected chi connectivity index (χ1v) is 5.03. The highest BCUT2D eigenvalue weighted by atomic mass is 35.5. The van der Waals surface area contributed by atoms with Crippen molar-refractivity contribution in [1.29, 1.82) is 0 Å². The summed E-state index contributed by atoms with van der Waals surface area (Å²) in [6.07, 6.45) is 2.54. The predicted octanol–water partition coefficient (Wildman–Crippen LogP) is 2.44. The van der Waals surface area contributed by atoms with Crippen LogP contribution in [0.4, 0.5) is 0 Å². The lowest BCUT2D eigenvalue weighted by Gasteiger charge is -2.07. The average molecular weight is 227 g/mol. The average Bonchev–Trinajstić information content (AvgIpc) is 2.17. The van der Waals surface area contributed by atoms with E-state index in [4.69, 9.17) is 16.3 Å². The van der Waals surface area contributed by atoms with E-state index in [1.165, 1.54) is 0 Å². The molecule has 0 radical (unpaired) electrons. The van der Waals surface area contributed by atoms with Crippen molar-refractivity contribution >= 4 is 17.8 Å². The van der Waals surface area contributed by atoms with Crippen LogP contribution in [0.1, 0.15) is 5.56 Å². The third-order valence-corrected chi connectivity index (χ3v) is 2.10. The Hall–Kier alpha value is -1.22. The Kier molecular flexibility index (Phi) is 4.43. The summed E-state index contributed by atoms with van der Waals surface area (Å²) in [5.74, 6) is 0.838. The Labute approximate surface area is 95.3 Å². The molecule has 0 atom stereocenters. The molecule has 4 heteroatoms. The summed E-state index contributed by atoms with van der Waals surface area (Å²) >= 11 is 5.90. The van der Waals surface area contributed by atoms with Crippen LogP contribution in [0.5, 0.6) is 5.75 Å². The smallest absolute Gasteiger partial charge is 0.122 e. The van der Waals surface area contributed by atoms with Crippen LogP contribution < -0.4 is 4.74 Å². The predicted molar refractivity (Wildman–Crippen MR) is 63.9 cm³/mol. The zero-order valence-corrected chi connectivity index (χ0v) is 9.95. The SMILES string of the molecule is COc1ccc(Cl)cc1CC=NN(C)C. The molecule has 0 aliphatic rings. The number of hydrogen-bond donors (Lipinski definition) is 0. The summed E-state index contributed by atoms with van der Waals surface area (Å²) in [6, 6.07) is 5.57. The number of hydrogen-bond acceptors (Lipinski definition) is 3. The number of ether oxygens (including phenoxy) is 1. The Morgan fingerprint density at radius 2 is 2.20 bits per heavy atom. The molecular formula is C11H15ClN2O. The van der Waals surface area contributed by atoms with Crippen molar-refractivity contribution in [2.24, 2.45) is 5.10 Å². The van der Waals surface area contributed by atoms with Gasteiger partial charge in [-0.25, -0.2) is 0 Å². The fourth-order valence-electron chi connectivity index (χ4n) is 1.21. The molecular weight excluding hydrogens is 212 g/mol. The second kappa shape index (κ2) is 5.61. The van der Waals surface area contributed by atoms with Gasteiger partial charge in [0, 0.05) is 37.3 Å². The van der Waals surface area contributed by atoms with E-state index in [9.17, 15) is 0 Å². The fourth-order valence-corrected chi connectivity index (χ4v) is 1.40. The number of hydrazone groups is 1. The van der Waals surface area contributed by atoms with Crippen molar-refractivity contribution in [1.82, 2.24) is 5.01 Å². The van der Waals surface area contributed by atoms with E-state index in [-0.39, 0.29) is 0 Å². The molecule has 1 rings (SSSR count). The molecule has 0 N–H and O–H groups in total. The van der Waals surface area contributed by atoms with E-state index in [1.54, 1.807) is 12.1 Å². The van der Waals surface area contributed by atoms with Gasteiger partial charge in [0.15, 0.2) is 0 Å². The van der Waals surface area contributed by atoms with Crippen LogP contribution in [-0.2, 0) is 6.42 Å². The molecule has 0 spiro atoms. The normalized spacial score (nSPS) is 10.7. The zero-order chi connectivity index (χ0) is 11.3. The van der Waals surface area contributed by atoms with Gasteiger partial charge >= 0.3 is 0 Å². The lowest BCUT2D eigenvalue weighted by Crippen LogP contribution is -2.03. The third-order valence-electron chi connectivity index (χ3n) is 1.87. The number of methoxy groups -OCH3 is 1. The molecule has 0 unspecified atom stereocenters. The van der Waals surface area contributed by atoms with Crippen molar-refractivity contribution in [3.63, 3.8) is 0 Å². The highest BCUT2D eigenvalue weighted by Crippen LogP contribution is 2.22. The number of halogens is 1. The standard InChI is InChI=1S/C11H15ClN2O/c1-14(2)13-7-6-9-8-10(12)4-5-11(9)15-3/h4-5,7-8H,6H2,1-3H3. The van der Waals surface area contributed by atoms with Crippen LogP contribution in [-0.4, -0.2) is 32.4 Å².